The Bertz CT molecular complexity index is 1030. The van der Waals surface area contributed by atoms with Crippen LogP contribution < -0.4 is 10.9 Å². The van der Waals surface area contributed by atoms with Crippen LogP contribution >= 0.6 is 0 Å². The molecule has 10 heteroatoms. The fraction of sp³-hybridized carbons (Fsp3) is 0.400. The lowest BCUT2D eigenvalue weighted by atomic mass is 9.98. The van der Waals surface area contributed by atoms with E-state index in [1.807, 2.05) is 0 Å². The highest BCUT2D eigenvalue weighted by molar-refractivity contribution is 5.96. The van der Waals surface area contributed by atoms with Gasteiger partial charge in [-0.2, -0.15) is 13.2 Å². The number of benzene rings is 2. The van der Waals surface area contributed by atoms with Gasteiger partial charge in [-0.3, -0.25) is 20.4 Å². The Balaban J connectivity index is 1.94. The van der Waals surface area contributed by atoms with Gasteiger partial charge in [0.15, 0.2) is 0 Å². The lowest BCUT2D eigenvalue weighted by Gasteiger charge is -2.26. The minimum Gasteiger partial charge on any atom is -0.444 e. The van der Waals surface area contributed by atoms with Crippen molar-refractivity contribution in [1.82, 2.24) is 15.8 Å². The average molecular weight is 494 g/mol. The van der Waals surface area contributed by atoms with Crippen molar-refractivity contribution >= 4 is 17.9 Å². The number of nitrogens with zero attached hydrogens (tertiary/aromatic N) is 1. The Kier molecular flexibility index (Phi) is 9.27. The first kappa shape index (κ1) is 27.7. The molecule has 0 spiro atoms. The van der Waals surface area contributed by atoms with Crippen molar-refractivity contribution in [3.8, 4) is 0 Å². The summed E-state index contributed by atoms with van der Waals surface area (Å²) in [4.78, 5) is 38.4. The second kappa shape index (κ2) is 11.7. The SMILES string of the molecule is CCN(CCC(=O)NNC(=O)c1ccccc1Cc1ccc(C(F)(F)F)cc1)C(=O)OC(C)(C)C. The first-order valence-electron chi connectivity index (χ1n) is 11.1. The zero-order chi connectivity index (χ0) is 26.2. The van der Waals surface area contributed by atoms with Gasteiger partial charge >= 0.3 is 12.3 Å². The smallest absolute Gasteiger partial charge is 0.416 e. The van der Waals surface area contributed by atoms with E-state index in [4.69, 9.17) is 4.74 Å². The third-order valence-corrected chi connectivity index (χ3v) is 4.90. The van der Waals surface area contributed by atoms with Gasteiger partial charge in [-0.25, -0.2) is 4.79 Å². The normalized spacial score (nSPS) is 11.5. The van der Waals surface area contributed by atoms with Gasteiger partial charge in [0.05, 0.1) is 5.56 Å². The van der Waals surface area contributed by atoms with Crippen molar-refractivity contribution in [3.63, 3.8) is 0 Å². The van der Waals surface area contributed by atoms with Crippen LogP contribution in [0.15, 0.2) is 48.5 Å². The summed E-state index contributed by atoms with van der Waals surface area (Å²) in [7, 11) is 0. The third-order valence-electron chi connectivity index (χ3n) is 4.90. The van der Waals surface area contributed by atoms with Gasteiger partial charge in [0.25, 0.3) is 5.91 Å². The molecule has 190 valence electrons. The molecule has 0 aliphatic heterocycles. The second-order valence-electron chi connectivity index (χ2n) is 8.84. The molecule has 0 fully saturated rings. The van der Waals surface area contributed by atoms with Crippen LogP contribution in [0.25, 0.3) is 0 Å². The first-order chi connectivity index (χ1) is 16.3. The Morgan fingerprint density at radius 3 is 2.14 bits per heavy atom. The summed E-state index contributed by atoms with van der Waals surface area (Å²) < 4.78 is 43.6. The van der Waals surface area contributed by atoms with Gasteiger partial charge in [-0.05, 0) is 63.4 Å². The summed E-state index contributed by atoms with van der Waals surface area (Å²) in [5, 5.41) is 0. The molecule has 0 saturated carbocycles. The Hall–Kier alpha value is -3.56. The van der Waals surface area contributed by atoms with E-state index in [0.717, 1.165) is 12.1 Å². The van der Waals surface area contributed by atoms with E-state index in [-0.39, 0.29) is 24.9 Å². The van der Waals surface area contributed by atoms with Crippen molar-refractivity contribution in [2.24, 2.45) is 0 Å². The fourth-order valence-corrected chi connectivity index (χ4v) is 3.13. The highest BCUT2D eigenvalue weighted by Crippen LogP contribution is 2.29. The van der Waals surface area contributed by atoms with Crippen LogP contribution in [-0.2, 0) is 22.1 Å². The summed E-state index contributed by atoms with van der Waals surface area (Å²) in [5.74, 6) is -1.07. The summed E-state index contributed by atoms with van der Waals surface area (Å²) in [6, 6.07) is 11.3. The van der Waals surface area contributed by atoms with Gasteiger partial charge < -0.3 is 9.64 Å². The second-order valence-corrected chi connectivity index (χ2v) is 8.84. The maximum atomic E-state index is 12.8. The summed E-state index contributed by atoms with van der Waals surface area (Å²) in [6.07, 6.45) is -4.78. The molecule has 0 aliphatic rings. The van der Waals surface area contributed by atoms with Crippen molar-refractivity contribution < 1.29 is 32.3 Å². The number of alkyl halides is 3. The largest absolute Gasteiger partial charge is 0.444 e. The number of carbonyl (C=O) groups is 3. The molecule has 2 rings (SSSR count). The van der Waals surface area contributed by atoms with Crippen molar-refractivity contribution in [2.45, 2.75) is 52.3 Å². The van der Waals surface area contributed by atoms with Crippen LogP contribution in [0.5, 0.6) is 0 Å². The first-order valence-corrected chi connectivity index (χ1v) is 11.1. The molecule has 2 aromatic rings. The average Bonchev–Trinajstić information content (AvgIpc) is 2.77. The lowest BCUT2D eigenvalue weighted by molar-refractivity contribution is -0.137. The number of hydrogen-bond donors (Lipinski definition) is 2. The van der Waals surface area contributed by atoms with Crippen molar-refractivity contribution in [3.05, 3.63) is 70.8 Å². The van der Waals surface area contributed by atoms with Gasteiger partial charge in [-0.15, -0.1) is 0 Å². The van der Waals surface area contributed by atoms with E-state index in [1.165, 1.54) is 17.0 Å². The van der Waals surface area contributed by atoms with Gasteiger partial charge in [0.2, 0.25) is 5.91 Å². The van der Waals surface area contributed by atoms with Crippen LogP contribution in [-0.4, -0.2) is 41.5 Å². The molecular formula is C25H30F3N3O4. The molecule has 0 aliphatic carbocycles. The minimum atomic E-state index is -4.42. The highest BCUT2D eigenvalue weighted by Gasteiger charge is 2.30. The van der Waals surface area contributed by atoms with Crippen LogP contribution in [0, 0.1) is 0 Å². The molecule has 0 saturated heterocycles. The van der Waals surface area contributed by atoms with Crippen LogP contribution in [0.3, 0.4) is 0 Å². The quantitative estimate of drug-likeness (QED) is 0.547. The number of hydrazine groups is 1. The van der Waals surface area contributed by atoms with Crippen LogP contribution in [0.4, 0.5) is 18.0 Å². The van der Waals surface area contributed by atoms with E-state index in [1.54, 1.807) is 52.0 Å². The Labute approximate surface area is 202 Å². The molecule has 0 unspecified atom stereocenters. The molecule has 7 nitrogen and oxygen atoms in total. The summed E-state index contributed by atoms with van der Waals surface area (Å²) >= 11 is 0. The highest BCUT2D eigenvalue weighted by atomic mass is 19.4. The standard InChI is InChI=1S/C25H30F3N3O4/c1-5-31(23(34)35-24(2,3)4)15-14-21(32)29-30-22(33)20-9-7-6-8-18(20)16-17-10-12-19(13-11-17)25(26,27)28/h6-13H,5,14-16H2,1-4H3,(H,29,32)(H,30,33). The van der Waals surface area contributed by atoms with Crippen LogP contribution in [0.2, 0.25) is 0 Å². The van der Waals surface area contributed by atoms with E-state index < -0.39 is 35.2 Å². The Morgan fingerprint density at radius 1 is 0.943 bits per heavy atom. The molecule has 3 amide bonds. The Morgan fingerprint density at radius 2 is 1.57 bits per heavy atom. The third kappa shape index (κ3) is 8.95. The predicted octanol–water partition coefficient (Wildman–Crippen LogP) is 4.70. The molecule has 0 atom stereocenters. The molecule has 2 aromatic carbocycles. The molecule has 0 heterocycles. The predicted molar refractivity (Wildman–Crippen MR) is 124 cm³/mol. The fourth-order valence-electron chi connectivity index (χ4n) is 3.13. The summed E-state index contributed by atoms with van der Waals surface area (Å²) in [6.45, 7) is 7.46. The topological polar surface area (TPSA) is 87.7 Å². The molecule has 2 N–H and O–H groups in total. The number of hydrogen-bond acceptors (Lipinski definition) is 4. The van der Waals surface area contributed by atoms with E-state index in [9.17, 15) is 27.6 Å². The number of ether oxygens (including phenoxy) is 1. The minimum absolute atomic E-state index is 0.0550. The molecule has 0 bridgehead atoms. The molecule has 0 aromatic heterocycles. The van der Waals surface area contributed by atoms with Crippen LogP contribution in [0.1, 0.15) is 61.2 Å². The van der Waals surface area contributed by atoms with E-state index >= 15 is 0 Å². The number of halogens is 3. The molecular weight excluding hydrogens is 463 g/mol. The van der Waals surface area contributed by atoms with Gasteiger partial charge in [0.1, 0.15) is 5.60 Å². The number of amides is 3. The van der Waals surface area contributed by atoms with Crippen molar-refractivity contribution in [1.29, 1.82) is 0 Å². The van der Waals surface area contributed by atoms with Crippen molar-refractivity contribution in [2.75, 3.05) is 13.1 Å². The lowest BCUT2D eigenvalue weighted by Crippen LogP contribution is -2.44. The number of nitrogens with one attached hydrogen (secondary N) is 2. The molecule has 0 radical (unpaired) electrons. The number of rotatable bonds is 7. The monoisotopic (exact) mass is 493 g/mol. The maximum Gasteiger partial charge on any atom is 0.416 e. The summed E-state index contributed by atoms with van der Waals surface area (Å²) in [5.41, 5.74) is 4.72. The van der Waals surface area contributed by atoms with E-state index in [0.29, 0.717) is 17.7 Å². The zero-order valence-electron chi connectivity index (χ0n) is 20.2. The van der Waals surface area contributed by atoms with Gasteiger partial charge in [0, 0.05) is 25.1 Å². The van der Waals surface area contributed by atoms with E-state index in [2.05, 4.69) is 10.9 Å². The number of carbonyl (C=O) groups excluding carboxylic acids is 3. The maximum absolute atomic E-state index is 12.8. The van der Waals surface area contributed by atoms with Gasteiger partial charge in [-0.1, -0.05) is 30.3 Å². The molecule has 35 heavy (non-hydrogen) atoms. The zero-order valence-corrected chi connectivity index (χ0v) is 20.2.